The average Bonchev–Trinajstić information content (AvgIpc) is 2.48. The number of nitrogens with one attached hydrogen (secondary N) is 1. The lowest BCUT2D eigenvalue weighted by atomic mass is 10.1. The lowest BCUT2D eigenvalue weighted by Gasteiger charge is -2.18. The Morgan fingerprint density at radius 1 is 1.19 bits per heavy atom. The fourth-order valence-electron chi connectivity index (χ4n) is 2.05. The van der Waals surface area contributed by atoms with Gasteiger partial charge in [-0.25, -0.2) is 0 Å². The van der Waals surface area contributed by atoms with Crippen LogP contribution in [0.5, 0.6) is 11.5 Å². The molecule has 5 nitrogen and oxygen atoms in total. The van der Waals surface area contributed by atoms with Crippen LogP contribution in [0.15, 0.2) is 48.5 Å². The first-order valence-corrected chi connectivity index (χ1v) is 6.52. The monoisotopic (exact) mass is 283 g/mol. The number of carbonyl (C=O) groups excluding carboxylic acids is 2. The lowest BCUT2D eigenvalue weighted by molar-refractivity contribution is -0.133. The standard InChI is InChI=1S/C16H13NO4/c18-15-10-20-14-9-12(6-7-13(14)17-15)21-16(19)8-11-4-2-1-3-5-11/h1-7,9H,8,10H2,(H,17,18). The Hall–Kier alpha value is -2.82. The average molecular weight is 283 g/mol. The van der Waals surface area contributed by atoms with Crippen molar-refractivity contribution in [1.82, 2.24) is 0 Å². The summed E-state index contributed by atoms with van der Waals surface area (Å²) in [6, 6.07) is 14.2. The van der Waals surface area contributed by atoms with Crippen LogP contribution in [0.1, 0.15) is 5.56 Å². The van der Waals surface area contributed by atoms with E-state index >= 15 is 0 Å². The van der Waals surface area contributed by atoms with Gasteiger partial charge in [0.25, 0.3) is 5.91 Å². The number of carbonyl (C=O) groups is 2. The second-order valence-corrected chi connectivity index (χ2v) is 4.63. The Kier molecular flexibility index (Phi) is 3.55. The molecule has 0 aliphatic carbocycles. The molecule has 0 bridgehead atoms. The number of ether oxygens (including phenoxy) is 2. The Bertz CT molecular complexity index is 682. The highest BCUT2D eigenvalue weighted by molar-refractivity contribution is 5.95. The van der Waals surface area contributed by atoms with Gasteiger partial charge in [-0.15, -0.1) is 0 Å². The maximum absolute atomic E-state index is 11.9. The van der Waals surface area contributed by atoms with Crippen LogP contribution < -0.4 is 14.8 Å². The van der Waals surface area contributed by atoms with E-state index in [0.29, 0.717) is 17.2 Å². The van der Waals surface area contributed by atoms with Gasteiger partial charge in [-0.05, 0) is 17.7 Å². The van der Waals surface area contributed by atoms with E-state index in [1.54, 1.807) is 18.2 Å². The molecule has 0 spiro atoms. The van der Waals surface area contributed by atoms with E-state index in [2.05, 4.69) is 5.32 Å². The van der Waals surface area contributed by atoms with Crippen molar-refractivity contribution in [3.8, 4) is 11.5 Å². The van der Waals surface area contributed by atoms with Crippen molar-refractivity contribution in [2.45, 2.75) is 6.42 Å². The Labute approximate surface area is 121 Å². The molecule has 106 valence electrons. The van der Waals surface area contributed by atoms with Gasteiger partial charge < -0.3 is 14.8 Å². The molecule has 1 amide bonds. The largest absolute Gasteiger partial charge is 0.481 e. The third-order valence-electron chi connectivity index (χ3n) is 3.01. The summed E-state index contributed by atoms with van der Waals surface area (Å²) < 4.78 is 10.6. The maximum Gasteiger partial charge on any atom is 0.315 e. The van der Waals surface area contributed by atoms with Gasteiger partial charge in [0.1, 0.15) is 11.5 Å². The van der Waals surface area contributed by atoms with E-state index in [9.17, 15) is 9.59 Å². The summed E-state index contributed by atoms with van der Waals surface area (Å²) in [4.78, 5) is 23.0. The summed E-state index contributed by atoms with van der Waals surface area (Å²) in [5.74, 6) is 0.350. The number of esters is 1. The quantitative estimate of drug-likeness (QED) is 0.692. The second-order valence-electron chi connectivity index (χ2n) is 4.63. The van der Waals surface area contributed by atoms with Gasteiger partial charge in [0, 0.05) is 6.07 Å². The number of rotatable bonds is 3. The molecule has 21 heavy (non-hydrogen) atoms. The van der Waals surface area contributed by atoms with Crippen molar-refractivity contribution in [2.24, 2.45) is 0 Å². The molecule has 1 N–H and O–H groups in total. The first-order valence-electron chi connectivity index (χ1n) is 6.52. The highest BCUT2D eigenvalue weighted by Crippen LogP contribution is 2.31. The molecule has 3 rings (SSSR count). The van der Waals surface area contributed by atoms with Crippen LogP contribution in [0.3, 0.4) is 0 Å². The summed E-state index contributed by atoms with van der Waals surface area (Å²) in [5.41, 5.74) is 1.47. The van der Waals surface area contributed by atoms with Crippen LogP contribution in [-0.2, 0) is 16.0 Å². The van der Waals surface area contributed by atoms with Gasteiger partial charge in [-0.1, -0.05) is 30.3 Å². The molecule has 0 aromatic heterocycles. The van der Waals surface area contributed by atoms with Crippen molar-refractivity contribution < 1.29 is 19.1 Å². The van der Waals surface area contributed by atoms with Crippen molar-refractivity contribution in [3.05, 3.63) is 54.1 Å². The number of hydrogen-bond acceptors (Lipinski definition) is 4. The molecule has 1 aliphatic rings. The van der Waals surface area contributed by atoms with E-state index in [1.807, 2.05) is 30.3 Å². The Morgan fingerprint density at radius 3 is 2.81 bits per heavy atom. The van der Waals surface area contributed by atoms with Gasteiger partial charge in [0.2, 0.25) is 0 Å². The number of fused-ring (bicyclic) bond motifs is 1. The molecule has 1 aliphatic heterocycles. The van der Waals surface area contributed by atoms with Gasteiger partial charge in [-0.3, -0.25) is 9.59 Å². The summed E-state index contributed by atoms with van der Waals surface area (Å²) in [6.45, 7) is -0.0333. The maximum atomic E-state index is 11.9. The predicted octanol–water partition coefficient (Wildman–Crippen LogP) is 2.17. The van der Waals surface area contributed by atoms with Gasteiger partial charge in [0.05, 0.1) is 12.1 Å². The fraction of sp³-hybridized carbons (Fsp3) is 0.125. The van der Waals surface area contributed by atoms with Crippen molar-refractivity contribution >= 4 is 17.6 Å². The lowest BCUT2D eigenvalue weighted by Crippen LogP contribution is -2.25. The van der Waals surface area contributed by atoms with E-state index in [1.165, 1.54) is 0 Å². The van der Waals surface area contributed by atoms with Crippen LogP contribution >= 0.6 is 0 Å². The van der Waals surface area contributed by atoms with Gasteiger partial charge in [0.15, 0.2) is 6.61 Å². The zero-order valence-electron chi connectivity index (χ0n) is 11.2. The van der Waals surface area contributed by atoms with Crippen LogP contribution in [-0.4, -0.2) is 18.5 Å². The van der Waals surface area contributed by atoms with Gasteiger partial charge in [-0.2, -0.15) is 0 Å². The highest BCUT2D eigenvalue weighted by atomic mass is 16.5. The molecule has 5 heteroatoms. The molecule has 0 atom stereocenters. The minimum atomic E-state index is -0.346. The van der Waals surface area contributed by atoms with Crippen LogP contribution in [0.2, 0.25) is 0 Å². The minimum Gasteiger partial charge on any atom is -0.481 e. The van der Waals surface area contributed by atoms with E-state index in [4.69, 9.17) is 9.47 Å². The molecular formula is C16H13NO4. The number of anilines is 1. The predicted molar refractivity (Wildman–Crippen MR) is 76.3 cm³/mol. The zero-order chi connectivity index (χ0) is 14.7. The molecule has 0 saturated heterocycles. The number of benzene rings is 2. The fourth-order valence-corrected chi connectivity index (χ4v) is 2.05. The third-order valence-corrected chi connectivity index (χ3v) is 3.01. The smallest absolute Gasteiger partial charge is 0.315 e. The van der Waals surface area contributed by atoms with E-state index in [0.717, 1.165) is 5.56 Å². The summed E-state index contributed by atoms with van der Waals surface area (Å²) in [7, 11) is 0. The second kappa shape index (κ2) is 5.66. The van der Waals surface area contributed by atoms with Crippen molar-refractivity contribution in [1.29, 1.82) is 0 Å². The van der Waals surface area contributed by atoms with Gasteiger partial charge >= 0.3 is 5.97 Å². The highest BCUT2D eigenvalue weighted by Gasteiger charge is 2.17. The normalized spacial score (nSPS) is 12.9. The molecule has 2 aromatic carbocycles. The van der Waals surface area contributed by atoms with Crippen LogP contribution in [0.4, 0.5) is 5.69 Å². The SMILES string of the molecule is O=C1COc2cc(OC(=O)Cc3ccccc3)ccc2N1. The van der Waals surface area contributed by atoms with Crippen LogP contribution in [0, 0.1) is 0 Å². The van der Waals surface area contributed by atoms with Crippen molar-refractivity contribution in [2.75, 3.05) is 11.9 Å². The Balaban J connectivity index is 1.68. The molecular weight excluding hydrogens is 270 g/mol. The minimum absolute atomic E-state index is 0.0333. The molecule has 1 heterocycles. The molecule has 0 saturated carbocycles. The van der Waals surface area contributed by atoms with Crippen molar-refractivity contribution in [3.63, 3.8) is 0 Å². The first-order chi connectivity index (χ1) is 10.2. The molecule has 0 radical (unpaired) electrons. The number of hydrogen-bond donors (Lipinski definition) is 1. The topological polar surface area (TPSA) is 64.6 Å². The molecule has 2 aromatic rings. The summed E-state index contributed by atoms with van der Waals surface area (Å²) >= 11 is 0. The molecule has 0 unspecified atom stereocenters. The third kappa shape index (κ3) is 3.20. The Morgan fingerprint density at radius 2 is 2.00 bits per heavy atom. The van der Waals surface area contributed by atoms with E-state index in [-0.39, 0.29) is 24.9 Å². The molecule has 0 fully saturated rings. The first kappa shape index (κ1) is 13.2. The summed E-state index contributed by atoms with van der Waals surface area (Å²) in [6.07, 6.45) is 0.204. The zero-order valence-corrected chi connectivity index (χ0v) is 11.2. The summed E-state index contributed by atoms with van der Waals surface area (Å²) in [5, 5.41) is 2.68. The van der Waals surface area contributed by atoms with E-state index < -0.39 is 0 Å². The number of amides is 1. The van der Waals surface area contributed by atoms with Crippen LogP contribution in [0.25, 0.3) is 0 Å².